The molecule has 3 fully saturated rings. The first-order valence-electron chi connectivity index (χ1n) is 9.90. The van der Waals surface area contributed by atoms with E-state index in [2.05, 4.69) is 24.4 Å². The number of nitrogens with one attached hydrogen (secondary N) is 1. The van der Waals surface area contributed by atoms with E-state index in [-0.39, 0.29) is 24.2 Å². The number of likely N-dealkylation sites (tertiary alicyclic amines) is 1. The van der Waals surface area contributed by atoms with Crippen LogP contribution in [0.5, 0.6) is 0 Å². The van der Waals surface area contributed by atoms with Crippen molar-refractivity contribution in [2.45, 2.75) is 44.3 Å². The molecular formula is C21H28N2O4. The maximum absolute atomic E-state index is 12.4. The van der Waals surface area contributed by atoms with E-state index in [4.69, 9.17) is 9.84 Å². The average molecular weight is 372 g/mol. The predicted octanol–water partition coefficient (Wildman–Crippen LogP) is 1.61. The number of ether oxygens (including phenoxy) is 1. The number of carbonyl (C=O) groups is 2. The molecule has 2 N–H and O–H groups in total. The van der Waals surface area contributed by atoms with Crippen molar-refractivity contribution in [3.05, 3.63) is 35.4 Å². The molecule has 0 radical (unpaired) electrons. The van der Waals surface area contributed by atoms with Crippen LogP contribution in [0.1, 0.15) is 30.4 Å². The van der Waals surface area contributed by atoms with E-state index in [9.17, 15) is 9.59 Å². The summed E-state index contributed by atoms with van der Waals surface area (Å²) in [4.78, 5) is 25.4. The Bertz CT molecular complexity index is 737. The normalized spacial score (nSPS) is 31.8. The standard InChI is InChI=1S/C21H28N2O4/c1-14-4-2-3-5-15(14)6-7-19(24)22-10-16-17-11-23(12-20(25)26)13-21(17)9-8-18(16)27-21/h2-5,16-18H,6-13H2,1H3,(H,22,24)(H,25,26)/t16-,17+,18+,21+/m0/s1. The first kappa shape index (κ1) is 18.4. The van der Waals surface area contributed by atoms with Crippen LogP contribution in [-0.2, 0) is 20.7 Å². The van der Waals surface area contributed by atoms with E-state index >= 15 is 0 Å². The van der Waals surface area contributed by atoms with E-state index in [0.29, 0.717) is 31.3 Å². The van der Waals surface area contributed by atoms with Gasteiger partial charge in [-0.3, -0.25) is 14.5 Å². The molecule has 27 heavy (non-hydrogen) atoms. The zero-order valence-corrected chi connectivity index (χ0v) is 15.8. The van der Waals surface area contributed by atoms with E-state index in [1.807, 2.05) is 17.0 Å². The third-order valence-corrected chi connectivity index (χ3v) is 6.63. The third-order valence-electron chi connectivity index (χ3n) is 6.63. The van der Waals surface area contributed by atoms with E-state index in [1.54, 1.807) is 0 Å². The number of carbonyl (C=O) groups excluding carboxylic acids is 1. The van der Waals surface area contributed by atoms with Gasteiger partial charge in [0, 0.05) is 37.9 Å². The molecule has 4 rings (SSSR count). The number of carboxylic acids is 1. The van der Waals surface area contributed by atoms with Gasteiger partial charge in [-0.2, -0.15) is 0 Å². The fraction of sp³-hybridized carbons (Fsp3) is 0.619. The number of hydrogen-bond donors (Lipinski definition) is 2. The number of amides is 1. The Hall–Kier alpha value is -1.92. The van der Waals surface area contributed by atoms with Crippen molar-refractivity contribution in [3.8, 4) is 0 Å². The van der Waals surface area contributed by atoms with Crippen molar-refractivity contribution >= 4 is 11.9 Å². The first-order valence-corrected chi connectivity index (χ1v) is 9.90. The number of nitrogens with zero attached hydrogens (tertiary/aromatic N) is 1. The lowest BCUT2D eigenvalue weighted by Gasteiger charge is -2.29. The molecule has 3 aliphatic heterocycles. The Balaban J connectivity index is 1.30. The van der Waals surface area contributed by atoms with Crippen LogP contribution in [0.2, 0.25) is 0 Å². The molecule has 0 unspecified atom stereocenters. The van der Waals surface area contributed by atoms with Crippen LogP contribution in [-0.4, -0.2) is 59.8 Å². The summed E-state index contributed by atoms with van der Waals surface area (Å²) in [6, 6.07) is 8.17. The largest absolute Gasteiger partial charge is 0.480 e. The number of rotatable bonds is 7. The second-order valence-corrected chi connectivity index (χ2v) is 8.32. The summed E-state index contributed by atoms with van der Waals surface area (Å²) in [6.07, 6.45) is 3.48. The minimum absolute atomic E-state index is 0.0712. The zero-order valence-electron chi connectivity index (χ0n) is 15.8. The molecule has 1 aromatic carbocycles. The first-order chi connectivity index (χ1) is 13.0. The molecule has 4 atom stereocenters. The molecule has 1 aromatic rings. The van der Waals surface area contributed by atoms with Gasteiger partial charge in [-0.15, -0.1) is 0 Å². The Labute approximate surface area is 159 Å². The van der Waals surface area contributed by atoms with E-state index in [0.717, 1.165) is 25.8 Å². The zero-order chi connectivity index (χ0) is 19.0. The van der Waals surface area contributed by atoms with Gasteiger partial charge in [0.1, 0.15) is 0 Å². The number of fused-ring (bicyclic) bond motifs is 1. The van der Waals surface area contributed by atoms with Crippen molar-refractivity contribution in [2.24, 2.45) is 11.8 Å². The van der Waals surface area contributed by atoms with Gasteiger partial charge in [0.2, 0.25) is 5.91 Å². The van der Waals surface area contributed by atoms with E-state index in [1.165, 1.54) is 11.1 Å². The van der Waals surface area contributed by atoms with Gasteiger partial charge in [-0.25, -0.2) is 0 Å². The average Bonchev–Trinajstić information content (AvgIpc) is 3.26. The fourth-order valence-electron chi connectivity index (χ4n) is 5.33. The highest BCUT2D eigenvalue weighted by Crippen LogP contribution is 2.54. The van der Waals surface area contributed by atoms with Gasteiger partial charge in [-0.1, -0.05) is 24.3 Å². The smallest absolute Gasteiger partial charge is 0.317 e. The maximum atomic E-state index is 12.4. The minimum Gasteiger partial charge on any atom is -0.480 e. The van der Waals surface area contributed by atoms with Crippen molar-refractivity contribution in [1.82, 2.24) is 10.2 Å². The van der Waals surface area contributed by atoms with Crippen LogP contribution in [0.25, 0.3) is 0 Å². The monoisotopic (exact) mass is 372 g/mol. The number of carboxylic acid groups (broad SMARTS) is 1. The van der Waals surface area contributed by atoms with Crippen molar-refractivity contribution in [3.63, 3.8) is 0 Å². The molecule has 3 aliphatic rings. The van der Waals surface area contributed by atoms with Crippen molar-refractivity contribution in [2.75, 3.05) is 26.2 Å². The fourth-order valence-corrected chi connectivity index (χ4v) is 5.33. The molecular weight excluding hydrogens is 344 g/mol. The van der Waals surface area contributed by atoms with Crippen LogP contribution in [0.3, 0.4) is 0 Å². The maximum Gasteiger partial charge on any atom is 0.317 e. The lowest BCUT2D eigenvalue weighted by Crippen LogP contribution is -2.41. The summed E-state index contributed by atoms with van der Waals surface area (Å²) in [5, 5.41) is 12.2. The molecule has 3 heterocycles. The molecule has 6 heteroatoms. The number of aliphatic carboxylic acids is 1. The molecule has 3 saturated heterocycles. The van der Waals surface area contributed by atoms with Gasteiger partial charge in [-0.05, 0) is 37.3 Å². The van der Waals surface area contributed by atoms with Crippen LogP contribution >= 0.6 is 0 Å². The second-order valence-electron chi connectivity index (χ2n) is 8.32. The molecule has 6 nitrogen and oxygen atoms in total. The van der Waals surface area contributed by atoms with Gasteiger partial charge >= 0.3 is 5.97 Å². The molecule has 0 aromatic heterocycles. The van der Waals surface area contributed by atoms with Crippen LogP contribution < -0.4 is 5.32 Å². The molecule has 1 spiro atoms. The molecule has 146 valence electrons. The molecule has 0 aliphatic carbocycles. The van der Waals surface area contributed by atoms with Crippen molar-refractivity contribution < 1.29 is 19.4 Å². The molecule has 0 saturated carbocycles. The highest BCUT2D eigenvalue weighted by molar-refractivity contribution is 5.76. The summed E-state index contributed by atoms with van der Waals surface area (Å²) >= 11 is 0. The number of hydrogen-bond acceptors (Lipinski definition) is 4. The van der Waals surface area contributed by atoms with Gasteiger partial charge in [0.15, 0.2) is 0 Å². The highest BCUT2D eigenvalue weighted by Gasteiger charge is 2.62. The Kier molecular flexibility index (Phi) is 4.95. The predicted molar refractivity (Wildman–Crippen MR) is 100 cm³/mol. The summed E-state index contributed by atoms with van der Waals surface area (Å²) in [5.41, 5.74) is 2.25. The lowest BCUT2D eigenvalue weighted by atomic mass is 9.73. The number of aryl methyl sites for hydroxylation is 2. The lowest BCUT2D eigenvalue weighted by molar-refractivity contribution is -0.138. The van der Waals surface area contributed by atoms with Crippen LogP contribution in [0.15, 0.2) is 24.3 Å². The van der Waals surface area contributed by atoms with Gasteiger partial charge < -0.3 is 15.2 Å². The van der Waals surface area contributed by atoms with Crippen LogP contribution in [0, 0.1) is 18.8 Å². The van der Waals surface area contributed by atoms with Crippen LogP contribution in [0.4, 0.5) is 0 Å². The Morgan fingerprint density at radius 1 is 1.37 bits per heavy atom. The quantitative estimate of drug-likeness (QED) is 0.760. The third kappa shape index (κ3) is 3.60. The molecule has 2 bridgehead atoms. The summed E-state index contributed by atoms with van der Waals surface area (Å²) in [6.45, 7) is 4.24. The molecule has 1 amide bonds. The Morgan fingerprint density at radius 2 is 2.19 bits per heavy atom. The summed E-state index contributed by atoms with van der Waals surface area (Å²) in [7, 11) is 0. The van der Waals surface area contributed by atoms with Gasteiger partial charge in [0.25, 0.3) is 0 Å². The Morgan fingerprint density at radius 3 is 2.96 bits per heavy atom. The SMILES string of the molecule is Cc1ccccc1CCC(=O)NC[C@H]1[C@H]2CN(CC(=O)O)C[C@]23CC[C@H]1O3. The summed E-state index contributed by atoms with van der Waals surface area (Å²) < 4.78 is 6.30. The summed E-state index contributed by atoms with van der Waals surface area (Å²) in [5.74, 6) is -0.0929. The highest BCUT2D eigenvalue weighted by atomic mass is 16.5. The van der Waals surface area contributed by atoms with Crippen molar-refractivity contribution in [1.29, 1.82) is 0 Å². The van der Waals surface area contributed by atoms with Gasteiger partial charge in [0.05, 0.1) is 18.2 Å². The number of benzene rings is 1. The van der Waals surface area contributed by atoms with E-state index < -0.39 is 5.97 Å². The topological polar surface area (TPSA) is 78.9 Å². The minimum atomic E-state index is -0.790. The second kappa shape index (κ2) is 7.24.